The number of urea groups is 1. The van der Waals surface area contributed by atoms with Crippen molar-refractivity contribution in [3.8, 4) is 0 Å². The lowest BCUT2D eigenvalue weighted by molar-refractivity contribution is 0.0154. The van der Waals surface area contributed by atoms with Gasteiger partial charge in [-0.05, 0) is 19.8 Å². The molecule has 1 unspecified atom stereocenters. The SMILES string of the molecule is CC(C)C(O)C(C)(C)CNC(=O)Nc1cnn(C(C)C)c1. The fourth-order valence-corrected chi connectivity index (χ4v) is 2.18. The van der Waals surface area contributed by atoms with E-state index in [0.29, 0.717) is 12.2 Å². The normalized spacial score (nSPS) is 13.6. The molecule has 0 fully saturated rings. The molecule has 0 bridgehead atoms. The summed E-state index contributed by atoms with van der Waals surface area (Å²) in [5.41, 5.74) is 0.275. The van der Waals surface area contributed by atoms with Crippen molar-refractivity contribution in [2.24, 2.45) is 11.3 Å². The molecule has 0 spiro atoms. The first-order valence-corrected chi connectivity index (χ1v) is 7.40. The van der Waals surface area contributed by atoms with Crippen molar-refractivity contribution in [1.29, 1.82) is 0 Å². The molecule has 0 aromatic carbocycles. The first-order valence-electron chi connectivity index (χ1n) is 7.40. The predicted octanol–water partition coefficient (Wildman–Crippen LogP) is 2.63. The number of anilines is 1. The second-order valence-electron chi connectivity index (χ2n) is 6.79. The van der Waals surface area contributed by atoms with Gasteiger partial charge in [-0.1, -0.05) is 27.7 Å². The highest BCUT2D eigenvalue weighted by atomic mass is 16.3. The number of rotatable bonds is 6. The zero-order chi connectivity index (χ0) is 16.2. The fraction of sp³-hybridized carbons (Fsp3) is 0.733. The number of hydrogen-bond donors (Lipinski definition) is 3. The number of hydrogen-bond acceptors (Lipinski definition) is 3. The van der Waals surface area contributed by atoms with Gasteiger partial charge in [0.05, 0.1) is 18.0 Å². The minimum absolute atomic E-state index is 0.147. The lowest BCUT2D eigenvalue weighted by Gasteiger charge is -2.33. The second-order valence-corrected chi connectivity index (χ2v) is 6.79. The van der Waals surface area contributed by atoms with Gasteiger partial charge in [-0.25, -0.2) is 4.79 Å². The molecule has 1 atom stereocenters. The number of nitrogens with one attached hydrogen (secondary N) is 2. The van der Waals surface area contributed by atoms with E-state index in [-0.39, 0.29) is 23.4 Å². The first-order chi connectivity index (χ1) is 9.63. The minimum atomic E-state index is -0.471. The van der Waals surface area contributed by atoms with Crippen LogP contribution in [0.5, 0.6) is 0 Å². The summed E-state index contributed by atoms with van der Waals surface area (Å²) < 4.78 is 1.78. The third-order valence-corrected chi connectivity index (χ3v) is 3.53. The summed E-state index contributed by atoms with van der Waals surface area (Å²) in [5.74, 6) is 0.147. The highest BCUT2D eigenvalue weighted by molar-refractivity contribution is 5.88. The maximum Gasteiger partial charge on any atom is 0.319 e. The molecule has 0 saturated heterocycles. The van der Waals surface area contributed by atoms with Crippen LogP contribution >= 0.6 is 0 Å². The van der Waals surface area contributed by atoms with Gasteiger partial charge >= 0.3 is 6.03 Å². The Morgan fingerprint density at radius 3 is 2.48 bits per heavy atom. The summed E-state index contributed by atoms with van der Waals surface area (Å²) in [6.45, 7) is 12.2. The van der Waals surface area contributed by atoms with Crippen molar-refractivity contribution in [1.82, 2.24) is 15.1 Å². The maximum absolute atomic E-state index is 11.9. The van der Waals surface area contributed by atoms with Gasteiger partial charge in [-0.15, -0.1) is 0 Å². The van der Waals surface area contributed by atoms with E-state index in [0.717, 1.165) is 0 Å². The molecule has 0 saturated carbocycles. The lowest BCUT2D eigenvalue weighted by Crippen LogP contribution is -2.44. The molecule has 0 aliphatic heterocycles. The molecule has 0 aliphatic rings. The van der Waals surface area contributed by atoms with Crippen molar-refractivity contribution < 1.29 is 9.90 Å². The van der Waals surface area contributed by atoms with E-state index in [9.17, 15) is 9.90 Å². The van der Waals surface area contributed by atoms with Gasteiger partial charge in [-0.3, -0.25) is 4.68 Å². The van der Waals surface area contributed by atoms with Gasteiger partial charge in [0, 0.05) is 24.2 Å². The van der Waals surface area contributed by atoms with E-state index in [4.69, 9.17) is 0 Å². The molecule has 1 heterocycles. The minimum Gasteiger partial charge on any atom is -0.392 e. The molecule has 0 aliphatic carbocycles. The van der Waals surface area contributed by atoms with Gasteiger partial charge in [0.15, 0.2) is 0 Å². The Bertz CT molecular complexity index is 466. The number of aromatic nitrogens is 2. The van der Waals surface area contributed by atoms with Crippen LogP contribution in [0, 0.1) is 11.3 Å². The number of carbonyl (C=O) groups excluding carboxylic acids is 1. The van der Waals surface area contributed by atoms with E-state index in [1.165, 1.54) is 0 Å². The van der Waals surface area contributed by atoms with Crippen LogP contribution in [0.3, 0.4) is 0 Å². The van der Waals surface area contributed by atoms with Crippen LogP contribution in [0.25, 0.3) is 0 Å². The Labute approximate surface area is 126 Å². The zero-order valence-corrected chi connectivity index (χ0v) is 13.8. The molecule has 21 heavy (non-hydrogen) atoms. The summed E-state index contributed by atoms with van der Waals surface area (Å²) in [4.78, 5) is 11.9. The molecule has 6 nitrogen and oxygen atoms in total. The molecule has 0 radical (unpaired) electrons. The van der Waals surface area contributed by atoms with Gasteiger partial charge in [0.25, 0.3) is 0 Å². The van der Waals surface area contributed by atoms with Crippen LogP contribution in [-0.4, -0.2) is 33.6 Å². The number of nitrogens with zero attached hydrogens (tertiary/aromatic N) is 2. The number of carbonyl (C=O) groups is 1. The fourth-order valence-electron chi connectivity index (χ4n) is 2.18. The third kappa shape index (κ3) is 5.04. The Morgan fingerprint density at radius 1 is 1.38 bits per heavy atom. The van der Waals surface area contributed by atoms with E-state index >= 15 is 0 Å². The van der Waals surface area contributed by atoms with Gasteiger partial charge in [0.2, 0.25) is 0 Å². The van der Waals surface area contributed by atoms with Crippen molar-refractivity contribution in [3.05, 3.63) is 12.4 Å². The molecule has 6 heteroatoms. The topological polar surface area (TPSA) is 79.2 Å². The molecule has 1 aromatic heterocycles. The molecular formula is C15H28N4O2. The van der Waals surface area contributed by atoms with Crippen molar-refractivity contribution in [2.45, 2.75) is 53.7 Å². The average Bonchev–Trinajstić information content (AvgIpc) is 2.84. The number of aliphatic hydroxyl groups excluding tert-OH is 1. The zero-order valence-electron chi connectivity index (χ0n) is 13.8. The van der Waals surface area contributed by atoms with E-state index < -0.39 is 6.10 Å². The Kier molecular flexibility index (Phi) is 5.78. The van der Waals surface area contributed by atoms with Gasteiger partial charge < -0.3 is 15.7 Å². The van der Waals surface area contributed by atoms with Crippen LogP contribution in [0.2, 0.25) is 0 Å². The Morgan fingerprint density at radius 2 is 2.00 bits per heavy atom. The molecule has 1 rings (SSSR count). The van der Waals surface area contributed by atoms with Crippen molar-refractivity contribution in [3.63, 3.8) is 0 Å². The van der Waals surface area contributed by atoms with Gasteiger partial charge in [-0.2, -0.15) is 5.10 Å². The summed E-state index contributed by atoms with van der Waals surface area (Å²) in [7, 11) is 0. The largest absolute Gasteiger partial charge is 0.392 e. The highest BCUT2D eigenvalue weighted by Crippen LogP contribution is 2.25. The monoisotopic (exact) mass is 296 g/mol. The molecule has 120 valence electrons. The third-order valence-electron chi connectivity index (χ3n) is 3.53. The number of aliphatic hydroxyl groups is 1. The van der Waals surface area contributed by atoms with E-state index in [2.05, 4.69) is 15.7 Å². The Balaban J connectivity index is 2.50. The standard InChI is InChI=1S/C15H28N4O2/c1-10(2)13(20)15(5,6)9-16-14(21)18-12-7-17-19(8-12)11(3)4/h7-8,10-11,13,20H,9H2,1-6H3,(H2,16,18,21). The van der Waals surface area contributed by atoms with Crippen LogP contribution in [0.1, 0.15) is 47.6 Å². The van der Waals surface area contributed by atoms with Crippen molar-refractivity contribution in [2.75, 3.05) is 11.9 Å². The summed E-state index contributed by atoms with van der Waals surface area (Å²) in [5, 5.41) is 19.8. The summed E-state index contributed by atoms with van der Waals surface area (Å²) in [6.07, 6.45) is 2.94. The average molecular weight is 296 g/mol. The maximum atomic E-state index is 11.9. The predicted molar refractivity (Wildman–Crippen MR) is 84.3 cm³/mol. The molecule has 2 amide bonds. The summed E-state index contributed by atoms with van der Waals surface area (Å²) >= 11 is 0. The van der Waals surface area contributed by atoms with Gasteiger partial charge in [0.1, 0.15) is 0 Å². The highest BCUT2D eigenvalue weighted by Gasteiger charge is 2.30. The lowest BCUT2D eigenvalue weighted by atomic mass is 9.81. The van der Waals surface area contributed by atoms with Crippen molar-refractivity contribution >= 4 is 11.7 Å². The number of amides is 2. The van der Waals surface area contributed by atoms with Crippen LogP contribution in [0.15, 0.2) is 12.4 Å². The molecule has 3 N–H and O–H groups in total. The van der Waals surface area contributed by atoms with Crippen LogP contribution in [-0.2, 0) is 0 Å². The van der Waals surface area contributed by atoms with E-state index in [1.807, 2.05) is 41.5 Å². The quantitative estimate of drug-likeness (QED) is 0.755. The Hall–Kier alpha value is -1.56. The van der Waals surface area contributed by atoms with Crippen LogP contribution < -0.4 is 10.6 Å². The molecule has 1 aromatic rings. The van der Waals surface area contributed by atoms with E-state index in [1.54, 1.807) is 17.1 Å². The first kappa shape index (κ1) is 17.5. The van der Waals surface area contributed by atoms with Crippen LogP contribution in [0.4, 0.5) is 10.5 Å². The smallest absolute Gasteiger partial charge is 0.319 e. The molecular weight excluding hydrogens is 268 g/mol. The summed E-state index contributed by atoms with van der Waals surface area (Å²) in [6, 6.07) is -0.0360. The second kappa shape index (κ2) is 6.93.